The summed E-state index contributed by atoms with van der Waals surface area (Å²) >= 11 is 0. The lowest BCUT2D eigenvalue weighted by molar-refractivity contribution is -0.133. The highest BCUT2D eigenvalue weighted by Crippen LogP contribution is 2.29. The van der Waals surface area contributed by atoms with Gasteiger partial charge >= 0.3 is 0 Å². The number of benzene rings is 1. The van der Waals surface area contributed by atoms with E-state index >= 15 is 0 Å². The summed E-state index contributed by atoms with van der Waals surface area (Å²) in [4.78, 5) is 30.5. The maximum atomic E-state index is 14.1. The molecule has 2 aliphatic rings. The number of carbonyl (C=O) groups is 1. The van der Waals surface area contributed by atoms with Gasteiger partial charge in [-0.05, 0) is 31.9 Å². The molecule has 4 heterocycles. The molecule has 0 bridgehead atoms. The zero-order valence-corrected chi connectivity index (χ0v) is 20.9. The first-order valence-electron chi connectivity index (χ1n) is 12.5. The number of methoxy groups -OCH3 is 1. The van der Waals surface area contributed by atoms with Gasteiger partial charge in [0.1, 0.15) is 17.7 Å². The van der Waals surface area contributed by atoms with Crippen molar-refractivity contribution in [1.82, 2.24) is 24.4 Å². The first kappa shape index (κ1) is 25.3. The van der Waals surface area contributed by atoms with Gasteiger partial charge in [-0.3, -0.25) is 9.36 Å². The average molecular weight is 516 g/mol. The van der Waals surface area contributed by atoms with E-state index in [1.54, 1.807) is 44.4 Å². The number of morpholine rings is 1. The van der Waals surface area contributed by atoms with E-state index in [0.717, 1.165) is 12.8 Å². The molecule has 2 atom stereocenters. The minimum absolute atomic E-state index is 0.0313. The third kappa shape index (κ3) is 5.21. The first-order valence-corrected chi connectivity index (χ1v) is 12.5. The zero-order chi connectivity index (χ0) is 25.9. The molecule has 2 aliphatic heterocycles. The van der Waals surface area contributed by atoms with Crippen molar-refractivity contribution < 1.29 is 23.0 Å². The number of halogens is 2. The number of imidazole rings is 1. The van der Waals surface area contributed by atoms with E-state index in [1.165, 1.54) is 4.57 Å². The topological polar surface area (TPSA) is 97.6 Å². The SMILES string of the molecule is COC[C@@H]1CCCN1C(=O)[C@H](C)Nc1nc(N2CCOCC2)cc(-n2c(C(F)F)nc3ccccc32)n1. The highest BCUT2D eigenvalue weighted by molar-refractivity contribution is 5.84. The van der Waals surface area contributed by atoms with Crippen LogP contribution in [0.25, 0.3) is 16.9 Å². The molecule has 198 valence electrons. The van der Waals surface area contributed by atoms with E-state index in [2.05, 4.69) is 20.3 Å². The lowest BCUT2D eigenvalue weighted by atomic mass is 10.2. The van der Waals surface area contributed by atoms with Gasteiger partial charge in [-0.25, -0.2) is 13.8 Å². The Kier molecular flexibility index (Phi) is 7.47. The largest absolute Gasteiger partial charge is 0.383 e. The van der Waals surface area contributed by atoms with Crippen LogP contribution in [-0.2, 0) is 14.3 Å². The normalized spacial score (nSPS) is 19.1. The molecular formula is C25H31F2N7O3. The summed E-state index contributed by atoms with van der Waals surface area (Å²) in [5.41, 5.74) is 0.958. The summed E-state index contributed by atoms with van der Waals surface area (Å²) in [6.07, 6.45) is -0.994. The van der Waals surface area contributed by atoms with Gasteiger partial charge in [-0.1, -0.05) is 12.1 Å². The van der Waals surface area contributed by atoms with Gasteiger partial charge in [0.05, 0.1) is 36.9 Å². The van der Waals surface area contributed by atoms with Gasteiger partial charge in [0.2, 0.25) is 11.9 Å². The van der Waals surface area contributed by atoms with Crippen LogP contribution >= 0.6 is 0 Å². The van der Waals surface area contributed by atoms with Crippen LogP contribution in [0, 0.1) is 0 Å². The number of fused-ring (bicyclic) bond motifs is 1. The Labute approximate surface area is 213 Å². The fraction of sp³-hybridized carbons (Fsp3) is 0.520. The lowest BCUT2D eigenvalue weighted by Gasteiger charge is -2.29. The fourth-order valence-corrected chi connectivity index (χ4v) is 4.98. The Morgan fingerprint density at radius 1 is 1.16 bits per heavy atom. The number of ether oxygens (including phenoxy) is 2. The molecule has 12 heteroatoms. The molecular weight excluding hydrogens is 484 g/mol. The Bertz CT molecular complexity index is 1250. The molecule has 5 rings (SSSR count). The maximum absolute atomic E-state index is 14.1. The van der Waals surface area contributed by atoms with E-state index in [-0.39, 0.29) is 23.7 Å². The van der Waals surface area contributed by atoms with Crippen molar-refractivity contribution in [3.8, 4) is 5.82 Å². The van der Waals surface area contributed by atoms with Gasteiger partial charge in [-0.15, -0.1) is 0 Å². The number of anilines is 2. The predicted octanol–water partition coefficient (Wildman–Crippen LogP) is 3.03. The number of likely N-dealkylation sites (tertiary alicyclic amines) is 1. The third-order valence-electron chi connectivity index (χ3n) is 6.78. The lowest BCUT2D eigenvalue weighted by Crippen LogP contribution is -2.45. The van der Waals surface area contributed by atoms with Gasteiger partial charge in [0.15, 0.2) is 5.82 Å². The minimum Gasteiger partial charge on any atom is -0.383 e. The molecule has 0 unspecified atom stereocenters. The van der Waals surface area contributed by atoms with E-state index in [1.807, 2.05) is 9.80 Å². The van der Waals surface area contributed by atoms with E-state index in [9.17, 15) is 13.6 Å². The van der Waals surface area contributed by atoms with Crippen LogP contribution in [0.1, 0.15) is 32.0 Å². The monoisotopic (exact) mass is 515 g/mol. The number of nitrogens with zero attached hydrogens (tertiary/aromatic N) is 6. The van der Waals surface area contributed by atoms with Gasteiger partial charge in [0, 0.05) is 32.8 Å². The van der Waals surface area contributed by atoms with Gasteiger partial charge in [-0.2, -0.15) is 9.97 Å². The molecule has 0 aliphatic carbocycles. The molecule has 0 radical (unpaired) electrons. The number of hydrogen-bond donors (Lipinski definition) is 1. The number of nitrogens with one attached hydrogen (secondary N) is 1. The highest BCUT2D eigenvalue weighted by Gasteiger charge is 2.32. The van der Waals surface area contributed by atoms with Crippen LogP contribution in [0.5, 0.6) is 0 Å². The second-order valence-electron chi connectivity index (χ2n) is 9.25. The molecule has 3 aromatic rings. The third-order valence-corrected chi connectivity index (χ3v) is 6.78. The van der Waals surface area contributed by atoms with Crippen molar-refractivity contribution in [3.63, 3.8) is 0 Å². The average Bonchev–Trinajstić information content (AvgIpc) is 3.53. The molecule has 1 N–H and O–H groups in total. The van der Waals surface area contributed by atoms with E-state index in [4.69, 9.17) is 9.47 Å². The van der Waals surface area contributed by atoms with Crippen LogP contribution in [0.3, 0.4) is 0 Å². The number of alkyl halides is 2. The quantitative estimate of drug-likeness (QED) is 0.489. The number of amides is 1. The summed E-state index contributed by atoms with van der Waals surface area (Å²) in [6, 6.07) is 8.03. The summed E-state index contributed by atoms with van der Waals surface area (Å²) in [5, 5.41) is 3.13. The highest BCUT2D eigenvalue weighted by atomic mass is 19.3. The summed E-state index contributed by atoms with van der Waals surface area (Å²) < 4.78 is 40.2. The van der Waals surface area contributed by atoms with Crippen LogP contribution < -0.4 is 10.2 Å². The Morgan fingerprint density at radius 2 is 1.92 bits per heavy atom. The molecule has 0 saturated carbocycles. The number of hydrogen-bond acceptors (Lipinski definition) is 8. The van der Waals surface area contributed by atoms with Crippen LogP contribution in [0.15, 0.2) is 30.3 Å². The molecule has 0 spiro atoms. The van der Waals surface area contributed by atoms with Crippen molar-refractivity contribution in [1.29, 1.82) is 0 Å². The summed E-state index contributed by atoms with van der Waals surface area (Å²) in [6.45, 7) is 5.16. The van der Waals surface area contributed by atoms with Crippen molar-refractivity contribution in [2.45, 2.75) is 38.3 Å². The van der Waals surface area contributed by atoms with E-state index in [0.29, 0.717) is 56.3 Å². The predicted molar refractivity (Wildman–Crippen MR) is 134 cm³/mol. The number of carbonyl (C=O) groups excluding carboxylic acids is 1. The summed E-state index contributed by atoms with van der Waals surface area (Å²) in [7, 11) is 1.63. The Morgan fingerprint density at radius 3 is 2.68 bits per heavy atom. The van der Waals surface area contributed by atoms with Crippen molar-refractivity contribution in [2.75, 3.05) is 56.8 Å². The first-order chi connectivity index (χ1) is 18.0. The van der Waals surface area contributed by atoms with Gasteiger partial charge < -0.3 is 24.6 Å². The van der Waals surface area contributed by atoms with Gasteiger partial charge in [0.25, 0.3) is 6.43 Å². The van der Waals surface area contributed by atoms with Crippen molar-refractivity contribution >= 4 is 28.7 Å². The number of rotatable bonds is 8. The molecule has 2 saturated heterocycles. The van der Waals surface area contributed by atoms with Crippen molar-refractivity contribution in [2.24, 2.45) is 0 Å². The molecule has 1 aromatic carbocycles. The minimum atomic E-state index is -2.81. The smallest absolute Gasteiger partial charge is 0.296 e. The maximum Gasteiger partial charge on any atom is 0.296 e. The van der Waals surface area contributed by atoms with Crippen LogP contribution in [-0.4, -0.2) is 89.0 Å². The second kappa shape index (κ2) is 10.9. The summed E-state index contributed by atoms with van der Waals surface area (Å²) in [5.74, 6) is 0.512. The van der Waals surface area contributed by atoms with E-state index < -0.39 is 18.3 Å². The number of aromatic nitrogens is 4. The number of para-hydroxylation sites is 2. The fourth-order valence-electron chi connectivity index (χ4n) is 4.98. The molecule has 37 heavy (non-hydrogen) atoms. The van der Waals surface area contributed by atoms with Crippen LogP contribution in [0.2, 0.25) is 0 Å². The molecule has 10 nitrogen and oxygen atoms in total. The second-order valence-corrected chi connectivity index (χ2v) is 9.25. The van der Waals surface area contributed by atoms with Crippen LogP contribution in [0.4, 0.5) is 20.5 Å². The Hall–Kier alpha value is -3.38. The molecule has 2 fully saturated rings. The van der Waals surface area contributed by atoms with Crippen molar-refractivity contribution in [3.05, 3.63) is 36.2 Å². The zero-order valence-electron chi connectivity index (χ0n) is 20.9. The Balaban J connectivity index is 1.52. The molecule has 2 aromatic heterocycles. The standard InChI is InChI=1S/C25H31F2N7O3/c1-16(24(35)33-9-5-6-17(33)15-36-2)28-25-30-20(32-10-12-37-13-11-32)14-21(31-25)34-19-8-4-3-7-18(19)29-23(34)22(26)27/h3-4,7-8,14,16-17,22H,5-6,9-13,15H2,1-2H3,(H,28,30,31)/t16-,17-/m0/s1. The molecule has 1 amide bonds.